The van der Waals surface area contributed by atoms with Crippen LogP contribution in [0, 0.1) is 17.2 Å². The molecule has 1 fully saturated rings. The standard InChI is InChI=1S/C15H19FN2O3/c1-9(2)15(6-7-17-8-15)14(21)18-11-5-3-4-10(16)12(11)13(19)20/h3-5,9,17H,6-8H2,1-2H3,(H,18,21)(H,19,20). The number of nitrogens with one attached hydrogen (secondary N) is 2. The van der Waals surface area contributed by atoms with Crippen LogP contribution in [-0.4, -0.2) is 30.1 Å². The number of aromatic carboxylic acids is 1. The van der Waals surface area contributed by atoms with Crippen molar-refractivity contribution in [3.05, 3.63) is 29.6 Å². The zero-order valence-corrected chi connectivity index (χ0v) is 12.1. The molecule has 5 nitrogen and oxygen atoms in total. The largest absolute Gasteiger partial charge is 0.478 e. The Balaban J connectivity index is 2.32. The van der Waals surface area contributed by atoms with Gasteiger partial charge in [0, 0.05) is 6.54 Å². The summed E-state index contributed by atoms with van der Waals surface area (Å²) < 4.78 is 13.6. The molecule has 0 bridgehead atoms. The summed E-state index contributed by atoms with van der Waals surface area (Å²) in [5, 5.41) is 14.9. The number of amides is 1. The molecule has 0 aliphatic carbocycles. The monoisotopic (exact) mass is 294 g/mol. The van der Waals surface area contributed by atoms with E-state index in [9.17, 15) is 14.0 Å². The molecule has 1 atom stereocenters. The summed E-state index contributed by atoms with van der Waals surface area (Å²) >= 11 is 0. The molecule has 1 aromatic carbocycles. The van der Waals surface area contributed by atoms with Gasteiger partial charge < -0.3 is 15.7 Å². The van der Waals surface area contributed by atoms with Crippen molar-refractivity contribution in [3.8, 4) is 0 Å². The molecule has 0 radical (unpaired) electrons. The number of hydrogen-bond acceptors (Lipinski definition) is 3. The van der Waals surface area contributed by atoms with Crippen LogP contribution < -0.4 is 10.6 Å². The predicted octanol–water partition coefficient (Wildman–Crippen LogP) is 2.10. The molecule has 6 heteroatoms. The Morgan fingerprint density at radius 1 is 1.43 bits per heavy atom. The number of hydrogen-bond donors (Lipinski definition) is 3. The third kappa shape index (κ3) is 2.76. The molecule has 1 unspecified atom stereocenters. The van der Waals surface area contributed by atoms with Crippen molar-refractivity contribution in [1.29, 1.82) is 0 Å². The van der Waals surface area contributed by atoms with Crippen molar-refractivity contribution in [3.63, 3.8) is 0 Å². The number of rotatable bonds is 4. The molecule has 1 aliphatic rings. The van der Waals surface area contributed by atoms with Crippen LogP contribution >= 0.6 is 0 Å². The second-order valence-corrected chi connectivity index (χ2v) is 5.66. The normalized spacial score (nSPS) is 21.5. The maximum atomic E-state index is 13.6. The minimum absolute atomic E-state index is 0.000532. The maximum absolute atomic E-state index is 13.6. The van der Waals surface area contributed by atoms with Gasteiger partial charge in [0.05, 0.1) is 11.1 Å². The van der Waals surface area contributed by atoms with Gasteiger partial charge in [0.1, 0.15) is 11.4 Å². The zero-order chi connectivity index (χ0) is 15.6. The number of carbonyl (C=O) groups is 2. The zero-order valence-electron chi connectivity index (χ0n) is 12.1. The predicted molar refractivity (Wildman–Crippen MR) is 76.7 cm³/mol. The van der Waals surface area contributed by atoms with E-state index < -0.39 is 22.8 Å². The number of anilines is 1. The average molecular weight is 294 g/mol. The van der Waals surface area contributed by atoms with Gasteiger partial charge in [-0.1, -0.05) is 19.9 Å². The first-order valence-electron chi connectivity index (χ1n) is 6.92. The SMILES string of the molecule is CC(C)C1(C(=O)Nc2cccc(F)c2C(=O)O)CCNC1. The molecule has 3 N–H and O–H groups in total. The van der Waals surface area contributed by atoms with E-state index in [2.05, 4.69) is 10.6 Å². The third-order valence-corrected chi connectivity index (χ3v) is 4.22. The highest BCUT2D eigenvalue weighted by molar-refractivity contribution is 6.02. The van der Waals surface area contributed by atoms with Gasteiger partial charge in [-0.15, -0.1) is 0 Å². The Kier molecular flexibility index (Phi) is 4.27. The van der Waals surface area contributed by atoms with Crippen LogP contribution in [0.4, 0.5) is 10.1 Å². The van der Waals surface area contributed by atoms with E-state index in [-0.39, 0.29) is 17.5 Å². The lowest BCUT2D eigenvalue weighted by Crippen LogP contribution is -2.42. The van der Waals surface area contributed by atoms with Crippen LogP contribution in [0.25, 0.3) is 0 Å². The van der Waals surface area contributed by atoms with E-state index in [1.54, 1.807) is 0 Å². The average Bonchev–Trinajstić information content (AvgIpc) is 2.88. The summed E-state index contributed by atoms with van der Waals surface area (Å²) in [6.45, 7) is 5.18. The van der Waals surface area contributed by atoms with Crippen LogP contribution in [-0.2, 0) is 4.79 Å². The minimum Gasteiger partial charge on any atom is -0.478 e. The van der Waals surface area contributed by atoms with Crippen LogP contribution in [0.1, 0.15) is 30.6 Å². The molecule has 1 aromatic rings. The number of halogens is 1. The summed E-state index contributed by atoms with van der Waals surface area (Å²) in [4.78, 5) is 23.8. The molecule has 0 saturated carbocycles. The van der Waals surface area contributed by atoms with Crippen molar-refractivity contribution in [2.45, 2.75) is 20.3 Å². The smallest absolute Gasteiger partial charge is 0.340 e. The fraction of sp³-hybridized carbons (Fsp3) is 0.467. The van der Waals surface area contributed by atoms with Gasteiger partial charge in [-0.05, 0) is 31.0 Å². The molecule has 0 spiro atoms. The molecule has 0 aromatic heterocycles. The van der Waals surface area contributed by atoms with Crippen LogP contribution in [0.2, 0.25) is 0 Å². The highest BCUT2D eigenvalue weighted by atomic mass is 19.1. The Hall–Kier alpha value is -1.95. The summed E-state index contributed by atoms with van der Waals surface area (Å²) in [6.07, 6.45) is 0.675. The molecular weight excluding hydrogens is 275 g/mol. The van der Waals surface area contributed by atoms with E-state index in [0.717, 1.165) is 12.6 Å². The van der Waals surface area contributed by atoms with E-state index in [1.165, 1.54) is 12.1 Å². The summed E-state index contributed by atoms with van der Waals surface area (Å²) in [7, 11) is 0. The Morgan fingerprint density at radius 3 is 2.67 bits per heavy atom. The van der Waals surface area contributed by atoms with Gasteiger partial charge in [0.25, 0.3) is 0 Å². The molecule has 114 valence electrons. The van der Waals surface area contributed by atoms with Gasteiger partial charge >= 0.3 is 5.97 Å². The molecule has 1 amide bonds. The van der Waals surface area contributed by atoms with Crippen molar-refractivity contribution >= 4 is 17.6 Å². The lowest BCUT2D eigenvalue weighted by molar-refractivity contribution is -0.126. The summed E-state index contributed by atoms with van der Waals surface area (Å²) in [5.41, 5.74) is -1.10. The van der Waals surface area contributed by atoms with Gasteiger partial charge in [-0.25, -0.2) is 9.18 Å². The van der Waals surface area contributed by atoms with Gasteiger partial charge in [-0.3, -0.25) is 4.79 Å². The first kappa shape index (κ1) is 15.4. The summed E-state index contributed by atoms with van der Waals surface area (Å²) in [6, 6.07) is 3.85. The highest BCUT2D eigenvalue weighted by Gasteiger charge is 2.44. The van der Waals surface area contributed by atoms with Crippen molar-refractivity contribution in [1.82, 2.24) is 5.32 Å². The van der Waals surface area contributed by atoms with Gasteiger partial charge in [-0.2, -0.15) is 0 Å². The molecular formula is C15H19FN2O3. The third-order valence-electron chi connectivity index (χ3n) is 4.22. The first-order chi connectivity index (χ1) is 9.88. The Bertz CT molecular complexity index is 566. The maximum Gasteiger partial charge on any atom is 0.340 e. The lowest BCUT2D eigenvalue weighted by atomic mass is 9.75. The quantitative estimate of drug-likeness (QED) is 0.794. The second-order valence-electron chi connectivity index (χ2n) is 5.66. The number of carboxylic acids is 1. The van der Waals surface area contributed by atoms with Gasteiger partial charge in [0.15, 0.2) is 0 Å². The highest BCUT2D eigenvalue weighted by Crippen LogP contribution is 2.35. The van der Waals surface area contributed by atoms with E-state index in [1.807, 2.05) is 13.8 Å². The molecule has 1 aliphatic heterocycles. The van der Waals surface area contributed by atoms with Crippen LogP contribution in [0.15, 0.2) is 18.2 Å². The molecule has 2 rings (SSSR count). The first-order valence-corrected chi connectivity index (χ1v) is 6.92. The van der Waals surface area contributed by atoms with E-state index in [4.69, 9.17) is 5.11 Å². The fourth-order valence-corrected chi connectivity index (χ4v) is 2.75. The number of carboxylic acid groups (broad SMARTS) is 1. The number of benzene rings is 1. The molecule has 1 saturated heterocycles. The lowest BCUT2D eigenvalue weighted by Gasteiger charge is -2.31. The van der Waals surface area contributed by atoms with E-state index in [0.29, 0.717) is 13.0 Å². The molecule has 21 heavy (non-hydrogen) atoms. The number of carbonyl (C=O) groups excluding carboxylic acids is 1. The fourth-order valence-electron chi connectivity index (χ4n) is 2.75. The van der Waals surface area contributed by atoms with Crippen molar-refractivity contribution in [2.75, 3.05) is 18.4 Å². The Morgan fingerprint density at radius 2 is 2.14 bits per heavy atom. The van der Waals surface area contributed by atoms with Crippen LogP contribution in [0.5, 0.6) is 0 Å². The van der Waals surface area contributed by atoms with E-state index >= 15 is 0 Å². The molecule has 1 heterocycles. The van der Waals surface area contributed by atoms with Crippen molar-refractivity contribution in [2.24, 2.45) is 11.3 Å². The topological polar surface area (TPSA) is 78.4 Å². The second kappa shape index (κ2) is 5.81. The minimum atomic E-state index is -1.40. The Labute approximate surface area is 122 Å². The summed E-state index contributed by atoms with van der Waals surface area (Å²) in [5.74, 6) is -2.43. The van der Waals surface area contributed by atoms with Gasteiger partial charge in [0.2, 0.25) is 5.91 Å². The van der Waals surface area contributed by atoms with Crippen LogP contribution in [0.3, 0.4) is 0 Å². The van der Waals surface area contributed by atoms with Crippen molar-refractivity contribution < 1.29 is 19.1 Å².